The van der Waals surface area contributed by atoms with Gasteiger partial charge in [-0.15, -0.1) is 0 Å². The zero-order valence-electron chi connectivity index (χ0n) is 19.9. The lowest BCUT2D eigenvalue weighted by atomic mass is 9.89. The fourth-order valence-corrected chi connectivity index (χ4v) is 4.17. The summed E-state index contributed by atoms with van der Waals surface area (Å²) in [5.74, 6) is 0.544. The van der Waals surface area contributed by atoms with Crippen molar-refractivity contribution >= 4 is 23.8 Å². The van der Waals surface area contributed by atoms with Crippen LogP contribution in [0, 0.1) is 0 Å². The van der Waals surface area contributed by atoms with Crippen LogP contribution in [0.25, 0.3) is 0 Å². The third kappa shape index (κ3) is 9.38. The normalized spacial score (nSPS) is 22.1. The quantitative estimate of drug-likeness (QED) is 0.544. The maximum atomic E-state index is 13.0. The second-order valence-corrected chi connectivity index (χ2v) is 10.1. The summed E-state index contributed by atoms with van der Waals surface area (Å²) >= 11 is 1.63. The molecule has 180 valence electrons. The topological polar surface area (TPSA) is 85.9 Å². The van der Waals surface area contributed by atoms with E-state index in [1.54, 1.807) is 39.6 Å². The molecule has 32 heavy (non-hydrogen) atoms. The van der Waals surface area contributed by atoms with Crippen molar-refractivity contribution < 1.29 is 23.8 Å². The first-order chi connectivity index (χ1) is 15.2. The molecule has 1 aliphatic carbocycles. The lowest BCUT2D eigenvalue weighted by Gasteiger charge is -2.36. The van der Waals surface area contributed by atoms with E-state index in [9.17, 15) is 9.59 Å². The third-order valence-electron chi connectivity index (χ3n) is 5.32. The number of alkyl carbamates (subject to hydrolysis) is 1. The van der Waals surface area contributed by atoms with Gasteiger partial charge in [-0.25, -0.2) is 4.79 Å². The number of amides is 2. The van der Waals surface area contributed by atoms with E-state index in [-0.39, 0.29) is 24.2 Å². The molecular formula is C24H38N2O5S. The minimum absolute atomic E-state index is 0.0838. The Morgan fingerprint density at radius 2 is 1.91 bits per heavy atom. The molecule has 1 aromatic rings. The van der Waals surface area contributed by atoms with Gasteiger partial charge in [0.25, 0.3) is 0 Å². The Bertz CT molecular complexity index is 710. The second-order valence-electron chi connectivity index (χ2n) is 9.10. The third-order valence-corrected chi connectivity index (χ3v) is 5.96. The van der Waals surface area contributed by atoms with Gasteiger partial charge >= 0.3 is 6.09 Å². The lowest BCUT2D eigenvalue weighted by Crippen LogP contribution is -2.55. The number of hydrogen-bond acceptors (Lipinski definition) is 6. The van der Waals surface area contributed by atoms with Crippen molar-refractivity contribution in [2.45, 2.75) is 83.0 Å². The van der Waals surface area contributed by atoms with E-state index in [1.807, 2.05) is 36.6 Å². The van der Waals surface area contributed by atoms with Gasteiger partial charge in [0, 0.05) is 13.5 Å². The predicted molar refractivity (Wildman–Crippen MR) is 128 cm³/mol. The van der Waals surface area contributed by atoms with E-state index >= 15 is 0 Å². The van der Waals surface area contributed by atoms with Crippen LogP contribution in [0.1, 0.15) is 52.0 Å². The summed E-state index contributed by atoms with van der Waals surface area (Å²) in [7, 11) is 1.66. The van der Waals surface area contributed by atoms with E-state index in [2.05, 4.69) is 10.6 Å². The van der Waals surface area contributed by atoms with Crippen LogP contribution in [0.4, 0.5) is 4.79 Å². The van der Waals surface area contributed by atoms with Crippen LogP contribution in [0.2, 0.25) is 0 Å². The van der Waals surface area contributed by atoms with Gasteiger partial charge in [-0.05, 0) is 57.6 Å². The monoisotopic (exact) mass is 466 g/mol. The number of methoxy groups -OCH3 is 1. The fourth-order valence-electron chi connectivity index (χ4n) is 3.70. The summed E-state index contributed by atoms with van der Waals surface area (Å²) in [4.78, 5) is 25.2. The van der Waals surface area contributed by atoms with E-state index in [4.69, 9.17) is 14.2 Å². The standard InChI is InChI=1S/C24H38N2O5S/c1-24(2,3)31-23(28)26-20(13-14-32-5)22(27)25-19-12-11-18(15-21(19)29-4)30-16-17-9-7-6-8-10-17/h6-10,18-21H,11-16H2,1-5H3,(H,25,27)(H,26,28)/t18-,19-,20+,21+/m1/s1. The van der Waals surface area contributed by atoms with Crippen LogP contribution < -0.4 is 10.6 Å². The number of benzene rings is 1. The molecule has 1 fully saturated rings. The zero-order valence-corrected chi connectivity index (χ0v) is 20.7. The van der Waals surface area contributed by atoms with Crippen molar-refractivity contribution in [2.24, 2.45) is 0 Å². The fraction of sp³-hybridized carbons (Fsp3) is 0.667. The van der Waals surface area contributed by atoms with Crippen molar-refractivity contribution in [2.75, 3.05) is 19.1 Å². The molecular weight excluding hydrogens is 428 g/mol. The Morgan fingerprint density at radius 1 is 1.19 bits per heavy atom. The highest BCUT2D eigenvalue weighted by atomic mass is 32.2. The number of carbonyl (C=O) groups is 2. The van der Waals surface area contributed by atoms with Crippen molar-refractivity contribution in [1.29, 1.82) is 0 Å². The van der Waals surface area contributed by atoms with Crippen LogP contribution in [0.5, 0.6) is 0 Å². The minimum atomic E-state index is -0.651. The summed E-state index contributed by atoms with van der Waals surface area (Å²) in [5.41, 5.74) is 0.519. The number of carbonyl (C=O) groups excluding carboxylic acids is 2. The SMILES string of the molecule is CO[C@H]1C[C@H](OCc2ccccc2)CC[C@H]1NC(=O)[C@H](CCSC)NC(=O)OC(C)(C)C. The highest BCUT2D eigenvalue weighted by molar-refractivity contribution is 7.98. The molecule has 7 nitrogen and oxygen atoms in total. The summed E-state index contributed by atoms with van der Waals surface area (Å²) < 4.78 is 17.1. The van der Waals surface area contributed by atoms with E-state index < -0.39 is 17.7 Å². The number of ether oxygens (including phenoxy) is 3. The Hall–Kier alpha value is -1.77. The average Bonchev–Trinajstić information content (AvgIpc) is 2.75. The van der Waals surface area contributed by atoms with E-state index in [1.165, 1.54) is 0 Å². The van der Waals surface area contributed by atoms with Crippen LogP contribution in [-0.4, -0.2) is 61.0 Å². The summed E-state index contributed by atoms with van der Waals surface area (Å²) in [6, 6.07) is 9.31. The zero-order chi connectivity index (χ0) is 23.6. The summed E-state index contributed by atoms with van der Waals surface area (Å²) in [5, 5.41) is 5.82. The maximum absolute atomic E-state index is 13.0. The smallest absolute Gasteiger partial charge is 0.408 e. The first kappa shape index (κ1) is 26.5. The van der Waals surface area contributed by atoms with Crippen molar-refractivity contribution in [3.8, 4) is 0 Å². The second kappa shape index (κ2) is 13.1. The molecule has 2 N–H and O–H groups in total. The number of nitrogens with one attached hydrogen (secondary N) is 2. The molecule has 4 atom stereocenters. The molecule has 1 aromatic carbocycles. The molecule has 0 radical (unpaired) electrons. The van der Waals surface area contributed by atoms with Gasteiger partial charge in [0.1, 0.15) is 11.6 Å². The molecule has 1 aliphatic rings. The van der Waals surface area contributed by atoms with Crippen LogP contribution in [0.15, 0.2) is 30.3 Å². The molecule has 8 heteroatoms. The van der Waals surface area contributed by atoms with Crippen LogP contribution in [0.3, 0.4) is 0 Å². The van der Waals surface area contributed by atoms with Gasteiger partial charge < -0.3 is 24.8 Å². The van der Waals surface area contributed by atoms with Crippen molar-refractivity contribution in [3.63, 3.8) is 0 Å². The van der Waals surface area contributed by atoms with E-state index in [0.29, 0.717) is 19.4 Å². The average molecular weight is 467 g/mol. The molecule has 0 saturated heterocycles. The molecule has 2 rings (SSSR count). The van der Waals surface area contributed by atoms with E-state index in [0.717, 1.165) is 24.2 Å². The van der Waals surface area contributed by atoms with Gasteiger partial charge in [-0.3, -0.25) is 4.79 Å². The van der Waals surface area contributed by atoms with Gasteiger partial charge in [0.05, 0.1) is 24.9 Å². The number of thioether (sulfide) groups is 1. The first-order valence-electron chi connectivity index (χ1n) is 11.2. The van der Waals surface area contributed by atoms with Crippen LogP contribution >= 0.6 is 11.8 Å². The summed E-state index contributed by atoms with van der Waals surface area (Å²) in [6.07, 6.45) is 4.16. The highest BCUT2D eigenvalue weighted by Crippen LogP contribution is 2.25. The van der Waals surface area contributed by atoms with Crippen LogP contribution in [-0.2, 0) is 25.6 Å². The molecule has 0 aromatic heterocycles. The minimum Gasteiger partial charge on any atom is -0.444 e. The van der Waals surface area contributed by atoms with Gasteiger partial charge in [0.2, 0.25) is 5.91 Å². The highest BCUT2D eigenvalue weighted by Gasteiger charge is 2.34. The molecule has 0 unspecified atom stereocenters. The van der Waals surface area contributed by atoms with Gasteiger partial charge in [-0.1, -0.05) is 30.3 Å². The largest absolute Gasteiger partial charge is 0.444 e. The Labute approximate surface area is 196 Å². The Morgan fingerprint density at radius 3 is 2.53 bits per heavy atom. The summed E-state index contributed by atoms with van der Waals surface area (Å²) in [6.45, 7) is 5.96. The van der Waals surface area contributed by atoms with Crippen molar-refractivity contribution in [3.05, 3.63) is 35.9 Å². The predicted octanol–water partition coefficient (Wildman–Crippen LogP) is 3.90. The maximum Gasteiger partial charge on any atom is 0.408 e. The molecule has 0 spiro atoms. The number of rotatable bonds is 10. The van der Waals surface area contributed by atoms with Gasteiger partial charge in [0.15, 0.2) is 0 Å². The number of hydrogen-bond donors (Lipinski definition) is 2. The molecule has 2 amide bonds. The molecule has 0 bridgehead atoms. The Kier molecular flexibility index (Phi) is 10.8. The Balaban J connectivity index is 1.90. The molecule has 1 saturated carbocycles. The molecule has 0 aliphatic heterocycles. The first-order valence-corrected chi connectivity index (χ1v) is 12.6. The molecule has 0 heterocycles. The van der Waals surface area contributed by atoms with Crippen molar-refractivity contribution in [1.82, 2.24) is 10.6 Å². The lowest BCUT2D eigenvalue weighted by molar-refractivity contribution is -0.126. The van der Waals surface area contributed by atoms with Gasteiger partial charge in [-0.2, -0.15) is 11.8 Å².